The van der Waals surface area contributed by atoms with Gasteiger partial charge in [-0.15, -0.1) is 0 Å². The molecule has 0 unspecified atom stereocenters. The van der Waals surface area contributed by atoms with Crippen molar-refractivity contribution in [2.45, 2.75) is 31.7 Å². The Morgan fingerprint density at radius 1 is 1.35 bits per heavy atom. The van der Waals surface area contributed by atoms with E-state index in [4.69, 9.17) is 16.3 Å². The largest absolute Gasteiger partial charge is 0.492 e. The normalized spacial score (nSPS) is 23.7. The molecule has 2 aliphatic rings. The molecule has 0 spiro atoms. The summed E-state index contributed by atoms with van der Waals surface area (Å²) in [5.41, 5.74) is 0.954. The standard InChI is InChI=1S/C17H21ClN2O3/c1-19-16(21)14-4-2-3-7-20(14)17(22)12-8-11-9-13(18)5-6-15(11)23-10-12/h5-6,9,12,14H,2-4,7-8,10H2,1H3,(H,19,21)/t12-,14-/m0/s1. The Kier molecular flexibility index (Phi) is 4.76. The van der Waals surface area contributed by atoms with Gasteiger partial charge in [0.25, 0.3) is 0 Å². The number of nitrogens with zero attached hydrogens (tertiary/aromatic N) is 1. The number of likely N-dealkylation sites (N-methyl/N-ethyl adjacent to an activating group) is 1. The van der Waals surface area contributed by atoms with E-state index in [2.05, 4.69) is 5.32 Å². The summed E-state index contributed by atoms with van der Waals surface area (Å²) >= 11 is 6.03. The second kappa shape index (κ2) is 6.79. The number of likely N-dealkylation sites (tertiary alicyclic amines) is 1. The van der Waals surface area contributed by atoms with E-state index < -0.39 is 0 Å². The van der Waals surface area contributed by atoms with Crippen LogP contribution >= 0.6 is 11.6 Å². The molecular weight excluding hydrogens is 316 g/mol. The molecule has 1 saturated heterocycles. The van der Waals surface area contributed by atoms with E-state index in [9.17, 15) is 9.59 Å². The van der Waals surface area contributed by atoms with Crippen LogP contribution in [-0.4, -0.2) is 43.0 Å². The lowest BCUT2D eigenvalue weighted by Crippen LogP contribution is -2.54. The molecule has 0 radical (unpaired) electrons. The van der Waals surface area contributed by atoms with Crippen LogP contribution in [0.1, 0.15) is 24.8 Å². The highest BCUT2D eigenvalue weighted by molar-refractivity contribution is 6.30. The lowest BCUT2D eigenvalue weighted by atomic mass is 9.93. The molecule has 1 fully saturated rings. The van der Waals surface area contributed by atoms with E-state index in [0.29, 0.717) is 24.6 Å². The molecule has 2 heterocycles. The number of nitrogens with one attached hydrogen (secondary N) is 1. The smallest absolute Gasteiger partial charge is 0.242 e. The van der Waals surface area contributed by atoms with Gasteiger partial charge in [-0.3, -0.25) is 9.59 Å². The Morgan fingerprint density at radius 3 is 2.96 bits per heavy atom. The quantitative estimate of drug-likeness (QED) is 0.899. The maximum Gasteiger partial charge on any atom is 0.242 e. The van der Waals surface area contributed by atoms with Crippen molar-refractivity contribution in [3.8, 4) is 5.75 Å². The number of piperidine rings is 1. The SMILES string of the molecule is CNC(=O)[C@@H]1CCCCN1C(=O)[C@@H]1COc2ccc(Cl)cc2C1. The van der Waals surface area contributed by atoms with Crippen molar-refractivity contribution in [2.24, 2.45) is 5.92 Å². The summed E-state index contributed by atoms with van der Waals surface area (Å²) in [6.45, 7) is 0.986. The third kappa shape index (κ3) is 3.29. The Morgan fingerprint density at radius 2 is 2.17 bits per heavy atom. The zero-order chi connectivity index (χ0) is 16.4. The van der Waals surface area contributed by atoms with Crippen molar-refractivity contribution in [3.63, 3.8) is 0 Å². The number of benzene rings is 1. The van der Waals surface area contributed by atoms with Crippen LogP contribution < -0.4 is 10.1 Å². The second-order valence-corrected chi connectivity index (χ2v) is 6.56. The van der Waals surface area contributed by atoms with Crippen LogP contribution in [0, 0.1) is 5.92 Å². The van der Waals surface area contributed by atoms with E-state index in [1.165, 1.54) is 0 Å². The Balaban J connectivity index is 1.76. The molecule has 3 rings (SSSR count). The minimum atomic E-state index is -0.359. The summed E-state index contributed by atoms with van der Waals surface area (Å²) in [7, 11) is 1.61. The van der Waals surface area contributed by atoms with Crippen LogP contribution in [0.2, 0.25) is 5.02 Å². The maximum absolute atomic E-state index is 12.9. The number of amides is 2. The first-order valence-corrected chi connectivity index (χ1v) is 8.41. The second-order valence-electron chi connectivity index (χ2n) is 6.12. The van der Waals surface area contributed by atoms with Gasteiger partial charge in [0.2, 0.25) is 11.8 Å². The van der Waals surface area contributed by atoms with Gasteiger partial charge in [0.1, 0.15) is 18.4 Å². The zero-order valence-electron chi connectivity index (χ0n) is 13.2. The number of fused-ring (bicyclic) bond motifs is 1. The predicted octanol–water partition coefficient (Wildman–Crippen LogP) is 2.02. The number of hydrogen-bond donors (Lipinski definition) is 1. The van der Waals surface area contributed by atoms with Gasteiger partial charge < -0.3 is 15.0 Å². The summed E-state index contributed by atoms with van der Waals surface area (Å²) in [5, 5.41) is 3.30. The van der Waals surface area contributed by atoms with Crippen LogP contribution in [0.3, 0.4) is 0 Å². The lowest BCUT2D eigenvalue weighted by Gasteiger charge is -2.37. The third-order valence-corrected chi connectivity index (χ3v) is 4.85. The topological polar surface area (TPSA) is 58.6 Å². The molecule has 23 heavy (non-hydrogen) atoms. The molecular formula is C17H21ClN2O3. The molecule has 124 valence electrons. The molecule has 0 aliphatic carbocycles. The highest BCUT2D eigenvalue weighted by Crippen LogP contribution is 2.31. The third-order valence-electron chi connectivity index (χ3n) is 4.61. The number of rotatable bonds is 2. The Hall–Kier alpha value is -1.75. The summed E-state index contributed by atoms with van der Waals surface area (Å²) in [5.74, 6) is 0.452. The average molecular weight is 337 g/mol. The first-order chi connectivity index (χ1) is 11.1. The summed E-state index contributed by atoms with van der Waals surface area (Å²) in [4.78, 5) is 26.7. The molecule has 2 aliphatic heterocycles. The van der Waals surface area contributed by atoms with Crippen molar-refractivity contribution in [3.05, 3.63) is 28.8 Å². The van der Waals surface area contributed by atoms with Gasteiger partial charge in [-0.2, -0.15) is 0 Å². The molecule has 6 heteroatoms. The van der Waals surface area contributed by atoms with Crippen LogP contribution in [0.25, 0.3) is 0 Å². The number of carbonyl (C=O) groups excluding carboxylic acids is 2. The minimum Gasteiger partial charge on any atom is -0.492 e. The van der Waals surface area contributed by atoms with Crippen molar-refractivity contribution in [1.82, 2.24) is 10.2 Å². The van der Waals surface area contributed by atoms with Gasteiger partial charge in [-0.25, -0.2) is 0 Å². The Bertz CT molecular complexity index is 620. The molecule has 1 aromatic rings. The number of carbonyl (C=O) groups is 2. The maximum atomic E-state index is 12.9. The van der Waals surface area contributed by atoms with E-state index in [0.717, 1.165) is 30.6 Å². The molecule has 1 aromatic carbocycles. The molecule has 2 amide bonds. The van der Waals surface area contributed by atoms with Crippen LogP contribution in [-0.2, 0) is 16.0 Å². The molecule has 5 nitrogen and oxygen atoms in total. The van der Waals surface area contributed by atoms with Crippen molar-refractivity contribution in [2.75, 3.05) is 20.2 Å². The minimum absolute atomic E-state index is 0.00363. The summed E-state index contributed by atoms with van der Waals surface area (Å²) in [6.07, 6.45) is 3.24. The molecule has 2 atom stereocenters. The summed E-state index contributed by atoms with van der Waals surface area (Å²) in [6, 6.07) is 5.12. The first-order valence-electron chi connectivity index (χ1n) is 8.03. The van der Waals surface area contributed by atoms with Crippen molar-refractivity contribution in [1.29, 1.82) is 0 Å². The van der Waals surface area contributed by atoms with E-state index >= 15 is 0 Å². The molecule has 0 aromatic heterocycles. The van der Waals surface area contributed by atoms with Gasteiger partial charge in [0, 0.05) is 18.6 Å². The zero-order valence-corrected chi connectivity index (χ0v) is 13.9. The van der Waals surface area contributed by atoms with E-state index in [1.54, 1.807) is 18.0 Å². The van der Waals surface area contributed by atoms with Gasteiger partial charge >= 0.3 is 0 Å². The Labute approximate surface area is 140 Å². The molecule has 0 bridgehead atoms. The van der Waals surface area contributed by atoms with Crippen LogP contribution in [0.15, 0.2) is 18.2 Å². The number of halogens is 1. The lowest BCUT2D eigenvalue weighted by molar-refractivity contribution is -0.146. The van der Waals surface area contributed by atoms with Crippen LogP contribution in [0.5, 0.6) is 5.75 Å². The number of ether oxygens (including phenoxy) is 1. The van der Waals surface area contributed by atoms with Gasteiger partial charge in [0.15, 0.2) is 0 Å². The molecule has 0 saturated carbocycles. The average Bonchev–Trinajstić information content (AvgIpc) is 2.59. The first kappa shape index (κ1) is 16.1. The fourth-order valence-corrected chi connectivity index (χ4v) is 3.59. The fraction of sp³-hybridized carbons (Fsp3) is 0.529. The van der Waals surface area contributed by atoms with Crippen LogP contribution in [0.4, 0.5) is 0 Å². The summed E-state index contributed by atoms with van der Waals surface area (Å²) < 4.78 is 5.72. The monoisotopic (exact) mass is 336 g/mol. The predicted molar refractivity (Wildman–Crippen MR) is 87.6 cm³/mol. The highest BCUT2D eigenvalue weighted by Gasteiger charge is 2.36. The van der Waals surface area contributed by atoms with Crippen molar-refractivity contribution < 1.29 is 14.3 Å². The van der Waals surface area contributed by atoms with E-state index in [1.807, 2.05) is 12.1 Å². The molecule has 1 N–H and O–H groups in total. The number of hydrogen-bond acceptors (Lipinski definition) is 3. The van der Waals surface area contributed by atoms with Gasteiger partial charge in [-0.1, -0.05) is 11.6 Å². The fourth-order valence-electron chi connectivity index (χ4n) is 3.39. The van der Waals surface area contributed by atoms with E-state index in [-0.39, 0.29) is 23.8 Å². The highest BCUT2D eigenvalue weighted by atomic mass is 35.5. The van der Waals surface area contributed by atoms with Crippen molar-refractivity contribution >= 4 is 23.4 Å². The van der Waals surface area contributed by atoms with Gasteiger partial charge in [-0.05, 0) is 49.4 Å². The van der Waals surface area contributed by atoms with Gasteiger partial charge in [0.05, 0.1) is 5.92 Å².